The third-order valence-corrected chi connectivity index (χ3v) is 6.47. The lowest BCUT2D eigenvalue weighted by atomic mass is 9.87. The SMILES string of the molecule is CC1(C)C[C@@H](C(=O)NCc2ccc(C(=N)N)cc2)n2c1c(Cl)nc(NC1CCC1)c2=O.Cl.Cl.Cl. The summed E-state index contributed by atoms with van der Waals surface area (Å²) in [6.45, 7) is 4.25. The first-order chi connectivity index (χ1) is 14.7. The topological polar surface area (TPSA) is 126 Å². The van der Waals surface area contributed by atoms with Crippen molar-refractivity contribution in [2.75, 3.05) is 5.32 Å². The second kappa shape index (κ2) is 11.6. The number of hydrogen-bond acceptors (Lipinski definition) is 5. The molecule has 0 radical (unpaired) electrons. The summed E-state index contributed by atoms with van der Waals surface area (Å²) >= 11 is 6.49. The average Bonchev–Trinajstić information content (AvgIpc) is 2.98. The molecule has 188 valence electrons. The highest BCUT2D eigenvalue weighted by Crippen LogP contribution is 2.43. The Labute approximate surface area is 222 Å². The van der Waals surface area contributed by atoms with Crippen LogP contribution in [0.3, 0.4) is 0 Å². The molecule has 1 saturated carbocycles. The largest absolute Gasteiger partial charge is 0.384 e. The summed E-state index contributed by atoms with van der Waals surface area (Å²) in [5.41, 5.74) is 6.83. The van der Waals surface area contributed by atoms with Crippen LogP contribution in [0.2, 0.25) is 5.15 Å². The number of nitrogen functional groups attached to an aromatic ring is 1. The van der Waals surface area contributed by atoms with E-state index in [2.05, 4.69) is 15.6 Å². The van der Waals surface area contributed by atoms with Gasteiger partial charge in [-0.15, -0.1) is 37.2 Å². The maximum absolute atomic E-state index is 13.2. The molecule has 1 aromatic carbocycles. The molecule has 12 heteroatoms. The summed E-state index contributed by atoms with van der Waals surface area (Å²) in [5.74, 6) is -0.0215. The molecule has 1 aromatic heterocycles. The van der Waals surface area contributed by atoms with E-state index < -0.39 is 11.5 Å². The quantitative estimate of drug-likeness (QED) is 0.319. The van der Waals surface area contributed by atoms with Crippen molar-refractivity contribution in [1.82, 2.24) is 14.9 Å². The number of halogens is 4. The van der Waals surface area contributed by atoms with Crippen molar-refractivity contribution >= 4 is 66.4 Å². The molecule has 0 unspecified atom stereocenters. The van der Waals surface area contributed by atoms with Gasteiger partial charge < -0.3 is 16.4 Å². The fraction of sp³-hybridized carbons (Fsp3) is 0.455. The summed E-state index contributed by atoms with van der Waals surface area (Å²) in [6.07, 6.45) is 3.59. The number of aromatic nitrogens is 2. The minimum Gasteiger partial charge on any atom is -0.384 e. The van der Waals surface area contributed by atoms with Gasteiger partial charge in [0.15, 0.2) is 11.0 Å². The van der Waals surface area contributed by atoms with Crippen LogP contribution in [-0.4, -0.2) is 27.3 Å². The molecule has 2 aliphatic rings. The number of amidine groups is 1. The van der Waals surface area contributed by atoms with Crippen molar-refractivity contribution in [3.63, 3.8) is 0 Å². The van der Waals surface area contributed by atoms with Gasteiger partial charge in [-0.2, -0.15) is 0 Å². The predicted octanol–water partition coefficient (Wildman–Crippen LogP) is 3.95. The number of nitrogens with zero attached hydrogens (tertiary/aromatic N) is 2. The van der Waals surface area contributed by atoms with Gasteiger partial charge in [0.1, 0.15) is 11.9 Å². The lowest BCUT2D eigenvalue weighted by molar-refractivity contribution is -0.124. The summed E-state index contributed by atoms with van der Waals surface area (Å²) in [7, 11) is 0. The molecular formula is C22H30Cl4N6O2. The number of amides is 1. The molecule has 0 spiro atoms. The number of carbonyl (C=O) groups excluding carboxylic acids is 1. The van der Waals surface area contributed by atoms with Crippen LogP contribution in [0.4, 0.5) is 5.82 Å². The fourth-order valence-corrected chi connectivity index (χ4v) is 4.68. The number of carbonyl (C=O) groups is 1. The van der Waals surface area contributed by atoms with Gasteiger partial charge in [-0.1, -0.05) is 49.7 Å². The first-order valence-electron chi connectivity index (χ1n) is 10.5. The highest BCUT2D eigenvalue weighted by molar-refractivity contribution is 6.30. The van der Waals surface area contributed by atoms with Crippen molar-refractivity contribution in [3.8, 4) is 0 Å². The van der Waals surface area contributed by atoms with Crippen LogP contribution in [0.1, 0.15) is 62.4 Å². The molecule has 1 atom stereocenters. The third-order valence-electron chi connectivity index (χ3n) is 6.20. The Morgan fingerprint density at radius 3 is 2.38 bits per heavy atom. The van der Waals surface area contributed by atoms with Gasteiger partial charge >= 0.3 is 0 Å². The standard InChI is InChI=1S/C22H27ClN6O2.3ClH/c1-22(2)10-15(20(30)26-11-12-6-8-13(9-7-12)18(24)25)29-16(22)17(23)28-19(21(29)31)27-14-4-3-5-14;;;/h6-9,14-15H,3-5,10-11H2,1-2H3,(H3,24,25)(H,26,30)(H,27,28);3*1H/t15-;;;/m0.../s1. The minimum absolute atomic E-state index is 0. The number of rotatable bonds is 6. The van der Waals surface area contributed by atoms with E-state index in [0.29, 0.717) is 24.2 Å². The zero-order valence-electron chi connectivity index (χ0n) is 18.9. The van der Waals surface area contributed by atoms with Crippen LogP contribution in [0.25, 0.3) is 0 Å². The van der Waals surface area contributed by atoms with Gasteiger partial charge in [0.05, 0.1) is 5.69 Å². The van der Waals surface area contributed by atoms with Crippen LogP contribution >= 0.6 is 48.8 Å². The van der Waals surface area contributed by atoms with Crippen LogP contribution in [0.5, 0.6) is 0 Å². The molecule has 5 N–H and O–H groups in total. The van der Waals surface area contributed by atoms with E-state index in [1.807, 2.05) is 26.0 Å². The maximum atomic E-state index is 13.2. The fourth-order valence-electron chi connectivity index (χ4n) is 4.25. The molecule has 2 aromatic rings. The highest BCUT2D eigenvalue weighted by Gasteiger charge is 2.44. The minimum atomic E-state index is -0.656. The normalized spacial score (nSPS) is 17.7. The number of fused-ring (bicyclic) bond motifs is 1. The Morgan fingerprint density at radius 1 is 1.24 bits per heavy atom. The van der Waals surface area contributed by atoms with E-state index in [1.165, 1.54) is 4.57 Å². The first-order valence-corrected chi connectivity index (χ1v) is 10.9. The molecule has 8 nitrogen and oxygen atoms in total. The van der Waals surface area contributed by atoms with Gasteiger partial charge in [0.25, 0.3) is 5.56 Å². The van der Waals surface area contributed by atoms with Crippen LogP contribution in [-0.2, 0) is 16.8 Å². The predicted molar refractivity (Wildman–Crippen MR) is 142 cm³/mol. The van der Waals surface area contributed by atoms with E-state index in [-0.39, 0.29) is 71.5 Å². The lowest BCUT2D eigenvalue weighted by Crippen LogP contribution is -2.38. The Hall–Kier alpha value is -2.00. The van der Waals surface area contributed by atoms with Gasteiger partial charge in [0.2, 0.25) is 5.91 Å². The smallest absolute Gasteiger partial charge is 0.294 e. The van der Waals surface area contributed by atoms with Gasteiger partial charge in [-0.3, -0.25) is 19.6 Å². The van der Waals surface area contributed by atoms with Gasteiger partial charge in [-0.25, -0.2) is 4.98 Å². The molecule has 1 fully saturated rings. The second-order valence-electron chi connectivity index (χ2n) is 8.98. The first kappa shape index (κ1) is 30.0. The zero-order valence-corrected chi connectivity index (χ0v) is 22.1. The zero-order chi connectivity index (χ0) is 22.3. The molecule has 0 saturated heterocycles. The number of nitrogens with one attached hydrogen (secondary N) is 3. The van der Waals surface area contributed by atoms with Crippen molar-refractivity contribution in [1.29, 1.82) is 5.41 Å². The maximum Gasteiger partial charge on any atom is 0.294 e. The van der Waals surface area contributed by atoms with Crippen molar-refractivity contribution in [2.45, 2.75) is 63.6 Å². The summed E-state index contributed by atoms with van der Waals surface area (Å²) < 4.78 is 1.52. The molecule has 4 rings (SSSR count). The molecule has 1 amide bonds. The Balaban J connectivity index is 0.00000193. The molecular weight excluding hydrogens is 522 g/mol. The molecule has 2 heterocycles. The van der Waals surface area contributed by atoms with E-state index >= 15 is 0 Å². The summed E-state index contributed by atoms with van der Waals surface area (Å²) in [5, 5.41) is 13.8. The Bertz CT molecular complexity index is 1100. The summed E-state index contributed by atoms with van der Waals surface area (Å²) in [6, 6.07) is 6.69. The number of benzene rings is 1. The second-order valence-corrected chi connectivity index (χ2v) is 9.34. The third kappa shape index (κ3) is 5.79. The number of nitrogens with two attached hydrogens (primary N) is 1. The Kier molecular flexibility index (Phi) is 10.3. The van der Waals surface area contributed by atoms with E-state index in [1.54, 1.807) is 12.1 Å². The number of anilines is 1. The lowest BCUT2D eigenvalue weighted by Gasteiger charge is -2.27. The molecule has 1 aliphatic heterocycles. The van der Waals surface area contributed by atoms with Crippen LogP contribution in [0.15, 0.2) is 29.1 Å². The van der Waals surface area contributed by atoms with E-state index in [9.17, 15) is 9.59 Å². The van der Waals surface area contributed by atoms with E-state index in [0.717, 1.165) is 24.8 Å². The van der Waals surface area contributed by atoms with Crippen LogP contribution in [0, 0.1) is 5.41 Å². The van der Waals surface area contributed by atoms with Crippen molar-refractivity contribution < 1.29 is 4.79 Å². The van der Waals surface area contributed by atoms with Crippen molar-refractivity contribution in [2.24, 2.45) is 5.73 Å². The molecule has 1 aliphatic carbocycles. The highest BCUT2D eigenvalue weighted by atomic mass is 35.5. The average molecular weight is 552 g/mol. The summed E-state index contributed by atoms with van der Waals surface area (Å²) in [4.78, 5) is 30.7. The van der Waals surface area contributed by atoms with Gasteiger partial charge in [-0.05, 0) is 31.2 Å². The Morgan fingerprint density at radius 2 is 1.85 bits per heavy atom. The van der Waals surface area contributed by atoms with Crippen molar-refractivity contribution in [3.05, 3.63) is 56.6 Å². The van der Waals surface area contributed by atoms with E-state index in [4.69, 9.17) is 22.7 Å². The molecule has 0 bridgehead atoms. The van der Waals surface area contributed by atoms with Crippen LogP contribution < -0.4 is 21.9 Å². The monoisotopic (exact) mass is 550 g/mol. The molecule has 34 heavy (non-hydrogen) atoms. The van der Waals surface area contributed by atoms with Gasteiger partial charge in [0, 0.05) is 23.6 Å². The number of hydrogen-bond donors (Lipinski definition) is 4.